The Hall–Kier alpha value is -5.61. The Labute approximate surface area is 275 Å². The zero-order valence-corrected chi connectivity index (χ0v) is 27.4. The van der Waals surface area contributed by atoms with E-state index in [9.17, 15) is 4.79 Å². The van der Waals surface area contributed by atoms with Crippen LogP contribution < -0.4 is 26.0 Å². The first kappa shape index (κ1) is 32.8. The fourth-order valence-corrected chi connectivity index (χ4v) is 4.68. The van der Waals surface area contributed by atoms with Gasteiger partial charge < -0.3 is 20.8 Å². The molecule has 0 bridgehead atoms. The van der Waals surface area contributed by atoms with E-state index in [0.717, 1.165) is 39.7 Å². The highest BCUT2D eigenvalue weighted by Gasteiger charge is 2.19. The number of aryl methyl sites for hydroxylation is 2. The lowest BCUT2D eigenvalue weighted by atomic mass is 9.90. The average Bonchev–Trinajstić information content (AvgIpc) is 3.05. The molecule has 2 heterocycles. The quantitative estimate of drug-likeness (QED) is 0.0777. The summed E-state index contributed by atoms with van der Waals surface area (Å²) >= 11 is 0. The van der Waals surface area contributed by atoms with Gasteiger partial charge in [0.15, 0.2) is 0 Å². The molecule has 3 aromatic carbocycles. The molecule has 0 spiro atoms. The van der Waals surface area contributed by atoms with Gasteiger partial charge in [0.25, 0.3) is 0 Å². The molecule has 2 amide bonds. The van der Waals surface area contributed by atoms with E-state index in [-0.39, 0.29) is 5.41 Å². The number of carbonyl (C=O) groups is 1. The molecule has 0 atom stereocenters. The monoisotopic (exact) mass is 629 g/mol. The van der Waals surface area contributed by atoms with Gasteiger partial charge >= 0.3 is 6.03 Å². The van der Waals surface area contributed by atoms with E-state index < -0.39 is 6.03 Å². The number of urea groups is 1. The summed E-state index contributed by atoms with van der Waals surface area (Å²) in [7, 11) is 0. The van der Waals surface area contributed by atoms with Crippen LogP contribution in [0, 0.1) is 17.7 Å². The van der Waals surface area contributed by atoms with Crippen LogP contribution in [0.5, 0.6) is 5.75 Å². The Morgan fingerprint density at radius 1 is 0.979 bits per heavy atom. The van der Waals surface area contributed by atoms with Gasteiger partial charge in [0.1, 0.15) is 29.7 Å². The lowest BCUT2D eigenvalue weighted by Gasteiger charge is -2.18. The number of hydrogen-bond acceptors (Lipinski definition) is 7. The van der Waals surface area contributed by atoms with E-state index >= 15 is 0 Å². The highest BCUT2D eigenvalue weighted by molar-refractivity contribution is 6.04. The van der Waals surface area contributed by atoms with Crippen LogP contribution in [0.15, 0.2) is 103 Å². The molecule has 240 valence electrons. The molecule has 47 heavy (non-hydrogen) atoms. The average molecular weight is 630 g/mol. The Kier molecular flexibility index (Phi) is 10.2. The van der Waals surface area contributed by atoms with Crippen molar-refractivity contribution >= 4 is 45.5 Å². The number of benzene rings is 3. The molecular weight excluding hydrogens is 588 g/mol. The Balaban J connectivity index is 1.30. The van der Waals surface area contributed by atoms with Crippen molar-refractivity contribution in [3.63, 3.8) is 0 Å². The van der Waals surface area contributed by atoms with E-state index in [1.165, 1.54) is 0 Å². The van der Waals surface area contributed by atoms with E-state index in [1.807, 2.05) is 113 Å². The molecule has 2 aromatic heterocycles. The molecule has 10 nitrogen and oxygen atoms in total. The van der Waals surface area contributed by atoms with Gasteiger partial charge in [-0.15, -0.1) is 0 Å². The fourth-order valence-electron chi connectivity index (χ4n) is 4.68. The minimum atomic E-state index is -0.411. The maximum Gasteiger partial charge on any atom is 0.327 e. The number of quaternary nitrogens is 1. The number of carbonyl (C=O) groups excluding carboxylic acids is 1. The van der Waals surface area contributed by atoms with Gasteiger partial charge in [-0.2, -0.15) is 0 Å². The smallest absolute Gasteiger partial charge is 0.327 e. The number of anilines is 3. The van der Waals surface area contributed by atoms with Crippen LogP contribution in [0.3, 0.4) is 0 Å². The number of fused-ring (bicyclic) bond motifs is 1. The van der Waals surface area contributed by atoms with Crippen molar-refractivity contribution in [1.82, 2.24) is 20.3 Å². The Morgan fingerprint density at radius 3 is 2.49 bits per heavy atom. The molecule has 5 aromatic rings. The number of hydrogen-bond donors (Lipinski definition) is 5. The van der Waals surface area contributed by atoms with Gasteiger partial charge in [-0.25, -0.2) is 14.8 Å². The summed E-state index contributed by atoms with van der Waals surface area (Å²) in [6, 6.07) is 22.9. The van der Waals surface area contributed by atoms with Crippen LogP contribution in [-0.2, 0) is 13.0 Å². The number of allylic oxidation sites excluding steroid dienone is 1. The summed E-state index contributed by atoms with van der Waals surface area (Å²) < 4.78 is 6.27. The number of nitrogens with zero attached hydrogens (tertiary/aromatic N) is 3. The molecule has 0 aliphatic heterocycles. The van der Waals surface area contributed by atoms with Crippen LogP contribution in [-0.4, -0.2) is 26.7 Å². The van der Waals surface area contributed by atoms with Crippen molar-refractivity contribution in [3.8, 4) is 5.75 Å². The molecule has 5 rings (SSSR count). The topological polar surface area (TPSA) is 142 Å². The number of nitrogens with two attached hydrogens (primary N) is 1. The summed E-state index contributed by atoms with van der Waals surface area (Å²) in [5, 5.41) is 21.3. The normalized spacial score (nSPS) is 11.6. The van der Waals surface area contributed by atoms with Crippen LogP contribution in [0.25, 0.3) is 10.8 Å². The van der Waals surface area contributed by atoms with Crippen molar-refractivity contribution in [2.45, 2.75) is 47.6 Å². The van der Waals surface area contributed by atoms with Gasteiger partial charge in [0.2, 0.25) is 5.82 Å². The van der Waals surface area contributed by atoms with Gasteiger partial charge in [0.05, 0.1) is 17.6 Å². The predicted molar refractivity (Wildman–Crippen MR) is 187 cm³/mol. The number of rotatable bonds is 11. The molecule has 0 saturated carbocycles. The Morgan fingerprint density at radius 2 is 1.74 bits per heavy atom. The maximum absolute atomic E-state index is 13.3. The molecule has 6 N–H and O–H groups in total. The minimum absolute atomic E-state index is 0.317. The standard InChI is InChI=1S/C37H40N8O2/c1-6-26-21-39-22-35(41-26)44-33-19-25(17-18-40-33)23-47-31-16-15-30(28-9-7-8-10-29(28)31)43-36(46)45-34(20-32(38)37(3,4)5)42-27-13-11-24(2)12-14-27/h7-22,38,42H,6,23H2,1-5H3,(H,40,41,44)(H2,43,45,46)/p+1. The van der Waals surface area contributed by atoms with Crippen molar-refractivity contribution in [1.29, 1.82) is 5.41 Å². The molecular formula is C37H41N8O2+. The third kappa shape index (κ3) is 8.99. The van der Waals surface area contributed by atoms with Crippen molar-refractivity contribution in [2.75, 3.05) is 10.6 Å². The van der Waals surface area contributed by atoms with Crippen LogP contribution in [0.4, 0.5) is 27.8 Å². The summed E-state index contributed by atoms with van der Waals surface area (Å²) in [6.45, 7) is 10.3. The van der Waals surface area contributed by atoms with Crippen molar-refractivity contribution < 1.29 is 14.8 Å². The lowest BCUT2D eigenvalue weighted by Crippen LogP contribution is -2.79. The molecule has 0 radical (unpaired) electrons. The molecule has 0 unspecified atom stereocenters. The number of pyridine rings is 1. The molecule has 0 fully saturated rings. The van der Waals surface area contributed by atoms with E-state index in [1.54, 1.807) is 24.7 Å². The summed E-state index contributed by atoms with van der Waals surface area (Å²) in [5.74, 6) is 2.49. The molecule has 10 heteroatoms. The third-order valence-corrected chi connectivity index (χ3v) is 7.42. The minimum Gasteiger partial charge on any atom is -0.488 e. The van der Waals surface area contributed by atoms with E-state index in [2.05, 4.69) is 30.9 Å². The van der Waals surface area contributed by atoms with Gasteiger partial charge in [-0.1, -0.05) is 69.7 Å². The second-order valence-electron chi connectivity index (χ2n) is 12.3. The molecule has 0 aliphatic carbocycles. The van der Waals surface area contributed by atoms with Gasteiger partial charge in [-0.3, -0.25) is 15.6 Å². The second-order valence-corrected chi connectivity index (χ2v) is 12.3. The zero-order valence-electron chi connectivity index (χ0n) is 27.4. The first-order valence-corrected chi connectivity index (χ1v) is 15.5. The van der Waals surface area contributed by atoms with Gasteiger partial charge in [0, 0.05) is 40.4 Å². The summed E-state index contributed by atoms with van der Waals surface area (Å²) in [4.78, 5) is 26.5. The van der Waals surface area contributed by atoms with Crippen LogP contribution in [0.2, 0.25) is 0 Å². The first-order chi connectivity index (χ1) is 22.6. The second kappa shape index (κ2) is 14.7. The first-order valence-electron chi connectivity index (χ1n) is 15.5. The highest BCUT2D eigenvalue weighted by Crippen LogP contribution is 2.32. The zero-order chi connectivity index (χ0) is 33.4. The highest BCUT2D eigenvalue weighted by atomic mass is 16.5. The molecule has 0 saturated heterocycles. The number of amides is 2. The SMILES string of the molecule is CCc1cncc(Nc2cc(COc3ccc(NC(=O)NC(=CC(=N)C(C)(C)C)[NH2+]c4ccc(C)cc4)c4ccccc34)ccn2)n1. The Bertz CT molecular complexity index is 1910. The van der Waals surface area contributed by atoms with Crippen LogP contribution >= 0.6 is 0 Å². The van der Waals surface area contributed by atoms with E-state index in [4.69, 9.17) is 10.1 Å². The number of ether oxygens (including phenoxy) is 1. The van der Waals surface area contributed by atoms with Crippen molar-refractivity contribution in [2.24, 2.45) is 5.41 Å². The van der Waals surface area contributed by atoms with E-state index in [0.29, 0.717) is 41.2 Å². The summed E-state index contributed by atoms with van der Waals surface area (Å²) in [5.41, 5.74) is 4.56. The maximum atomic E-state index is 13.3. The summed E-state index contributed by atoms with van der Waals surface area (Å²) in [6.07, 6.45) is 7.64. The van der Waals surface area contributed by atoms with Crippen LogP contribution in [0.1, 0.15) is 44.5 Å². The van der Waals surface area contributed by atoms with Gasteiger partial charge in [-0.05, 0) is 55.3 Å². The molecule has 0 aliphatic rings. The lowest BCUT2D eigenvalue weighted by molar-refractivity contribution is -0.522. The largest absolute Gasteiger partial charge is 0.488 e. The van der Waals surface area contributed by atoms with Crippen molar-refractivity contribution in [3.05, 3.63) is 120 Å². The number of aromatic nitrogens is 3. The number of nitrogens with one attached hydrogen (secondary N) is 4. The predicted octanol–water partition coefficient (Wildman–Crippen LogP) is 7.14. The fraction of sp³-hybridized carbons (Fsp3) is 0.216. The third-order valence-electron chi connectivity index (χ3n) is 7.42.